The molecule has 4 nitrogen and oxygen atoms in total. The average molecular weight is 317 g/mol. The second-order valence-electron chi connectivity index (χ2n) is 3.80. The summed E-state index contributed by atoms with van der Waals surface area (Å²) in [5.74, 6) is 0.530. The van der Waals surface area contributed by atoms with Gasteiger partial charge in [-0.25, -0.2) is 0 Å². The van der Waals surface area contributed by atoms with E-state index in [2.05, 4.69) is 15.9 Å². The van der Waals surface area contributed by atoms with Gasteiger partial charge in [0.15, 0.2) is 11.5 Å². The minimum Gasteiger partial charge on any atom is -0.493 e. The fraction of sp³-hybridized carbons (Fsp3) is 0.462. The molecular weight excluding hydrogens is 300 g/mol. The van der Waals surface area contributed by atoms with E-state index in [1.807, 2.05) is 13.0 Å². The normalized spacial score (nSPS) is 10.2. The highest BCUT2D eigenvalue weighted by molar-refractivity contribution is 9.10. The third kappa shape index (κ3) is 3.16. The number of halogens is 1. The number of hydrogen-bond acceptors (Lipinski definition) is 3. The summed E-state index contributed by atoms with van der Waals surface area (Å²) < 4.78 is 11.5. The zero-order chi connectivity index (χ0) is 13.7. The van der Waals surface area contributed by atoms with Gasteiger partial charge in [-0.2, -0.15) is 0 Å². The molecule has 100 valence electrons. The molecule has 1 aromatic rings. The summed E-state index contributed by atoms with van der Waals surface area (Å²) in [5, 5.41) is 8.79. The second-order valence-corrected chi connectivity index (χ2v) is 4.65. The molecule has 0 saturated carbocycles. The van der Waals surface area contributed by atoms with Crippen LogP contribution in [0.2, 0.25) is 0 Å². The van der Waals surface area contributed by atoms with Crippen LogP contribution in [0.15, 0.2) is 10.5 Å². The van der Waals surface area contributed by atoms with Crippen LogP contribution < -0.4 is 9.47 Å². The lowest BCUT2D eigenvalue weighted by Crippen LogP contribution is -2.04. The van der Waals surface area contributed by atoms with Crippen molar-refractivity contribution < 1.29 is 19.4 Å². The van der Waals surface area contributed by atoms with Crippen molar-refractivity contribution in [1.82, 2.24) is 0 Å². The molecule has 0 amide bonds. The number of methoxy groups -OCH3 is 2. The summed E-state index contributed by atoms with van der Waals surface area (Å²) >= 11 is 3.46. The minimum atomic E-state index is -0.807. The number of carboxylic acid groups (broad SMARTS) is 1. The molecular formula is C13H17BrO4. The molecule has 0 saturated heterocycles. The van der Waals surface area contributed by atoms with Crippen LogP contribution in [-0.2, 0) is 17.6 Å². The predicted molar refractivity (Wildman–Crippen MR) is 72.6 cm³/mol. The van der Waals surface area contributed by atoms with Crippen LogP contribution in [0.3, 0.4) is 0 Å². The van der Waals surface area contributed by atoms with Crippen molar-refractivity contribution in [3.05, 3.63) is 21.7 Å². The molecule has 0 aliphatic heterocycles. The molecule has 0 radical (unpaired) electrons. The molecule has 0 atom stereocenters. The lowest BCUT2D eigenvalue weighted by molar-refractivity contribution is -0.136. The number of ether oxygens (including phenoxy) is 2. The molecule has 1 N–H and O–H groups in total. The Morgan fingerprint density at radius 2 is 2.00 bits per heavy atom. The molecule has 0 spiro atoms. The van der Waals surface area contributed by atoms with Gasteiger partial charge in [0, 0.05) is 16.5 Å². The lowest BCUT2D eigenvalue weighted by atomic mass is 9.99. The van der Waals surface area contributed by atoms with Gasteiger partial charge in [0.25, 0.3) is 0 Å². The largest absolute Gasteiger partial charge is 0.493 e. The van der Waals surface area contributed by atoms with Crippen LogP contribution in [0.25, 0.3) is 0 Å². The maximum absolute atomic E-state index is 10.7. The van der Waals surface area contributed by atoms with Crippen molar-refractivity contribution in [3.8, 4) is 11.5 Å². The first-order valence-electron chi connectivity index (χ1n) is 5.69. The Hall–Kier alpha value is -1.23. The fourth-order valence-corrected chi connectivity index (χ4v) is 2.59. The van der Waals surface area contributed by atoms with Gasteiger partial charge in [-0.05, 0) is 24.5 Å². The van der Waals surface area contributed by atoms with E-state index in [0.29, 0.717) is 17.9 Å². The van der Waals surface area contributed by atoms with Crippen LogP contribution in [0.4, 0.5) is 0 Å². The molecule has 0 aliphatic carbocycles. The summed E-state index contributed by atoms with van der Waals surface area (Å²) in [6.07, 6.45) is 1.33. The number of aliphatic carboxylic acids is 1. The van der Waals surface area contributed by atoms with Crippen molar-refractivity contribution in [2.24, 2.45) is 0 Å². The first kappa shape index (κ1) is 14.8. The van der Waals surface area contributed by atoms with Gasteiger partial charge in [-0.3, -0.25) is 4.79 Å². The maximum Gasteiger partial charge on any atom is 0.303 e. The Labute approximate surface area is 115 Å². The zero-order valence-corrected chi connectivity index (χ0v) is 12.3. The molecule has 5 heteroatoms. The van der Waals surface area contributed by atoms with Gasteiger partial charge in [-0.15, -0.1) is 0 Å². The SMILES string of the molecule is CCc1c(CCC(=O)O)c(Br)cc(OC)c1OC. The molecule has 1 rings (SSSR count). The Balaban J connectivity index is 3.27. The van der Waals surface area contributed by atoms with E-state index in [4.69, 9.17) is 14.6 Å². The van der Waals surface area contributed by atoms with Crippen molar-refractivity contribution in [3.63, 3.8) is 0 Å². The third-order valence-corrected chi connectivity index (χ3v) is 3.48. The Morgan fingerprint density at radius 3 is 2.44 bits per heavy atom. The number of carboxylic acids is 1. The number of benzene rings is 1. The molecule has 0 bridgehead atoms. The highest BCUT2D eigenvalue weighted by atomic mass is 79.9. The summed E-state index contributed by atoms with van der Waals surface area (Å²) in [5.41, 5.74) is 1.96. The molecule has 0 fully saturated rings. The van der Waals surface area contributed by atoms with E-state index in [1.165, 1.54) is 0 Å². The van der Waals surface area contributed by atoms with Crippen LogP contribution in [0.5, 0.6) is 11.5 Å². The number of carbonyl (C=O) groups is 1. The van der Waals surface area contributed by atoms with Crippen LogP contribution in [0.1, 0.15) is 24.5 Å². The van der Waals surface area contributed by atoms with Gasteiger partial charge in [0.2, 0.25) is 0 Å². The van der Waals surface area contributed by atoms with Gasteiger partial charge >= 0.3 is 5.97 Å². The van der Waals surface area contributed by atoms with Crippen molar-refractivity contribution >= 4 is 21.9 Å². The molecule has 0 unspecified atom stereocenters. The van der Waals surface area contributed by atoms with Crippen molar-refractivity contribution in [1.29, 1.82) is 0 Å². The van der Waals surface area contributed by atoms with Crippen LogP contribution in [-0.4, -0.2) is 25.3 Å². The first-order valence-corrected chi connectivity index (χ1v) is 6.48. The van der Waals surface area contributed by atoms with Gasteiger partial charge in [-0.1, -0.05) is 22.9 Å². The van der Waals surface area contributed by atoms with E-state index in [1.54, 1.807) is 14.2 Å². The first-order chi connectivity index (χ1) is 8.54. The highest BCUT2D eigenvalue weighted by Crippen LogP contribution is 2.39. The molecule has 0 aliphatic rings. The van der Waals surface area contributed by atoms with E-state index in [-0.39, 0.29) is 6.42 Å². The molecule has 0 aromatic heterocycles. The monoisotopic (exact) mass is 316 g/mol. The smallest absolute Gasteiger partial charge is 0.303 e. The summed E-state index contributed by atoms with van der Waals surface area (Å²) in [4.78, 5) is 10.7. The lowest BCUT2D eigenvalue weighted by Gasteiger charge is -2.17. The van der Waals surface area contributed by atoms with E-state index in [0.717, 1.165) is 22.0 Å². The Kier molecular flexibility index (Phi) is 5.47. The quantitative estimate of drug-likeness (QED) is 0.876. The number of rotatable bonds is 6. The van der Waals surface area contributed by atoms with Gasteiger partial charge in [0.1, 0.15) is 0 Å². The maximum atomic E-state index is 10.7. The Bertz CT molecular complexity index is 443. The summed E-state index contributed by atoms with van der Waals surface area (Å²) in [7, 11) is 3.17. The highest BCUT2D eigenvalue weighted by Gasteiger charge is 2.17. The van der Waals surface area contributed by atoms with Crippen molar-refractivity contribution in [2.45, 2.75) is 26.2 Å². The second kappa shape index (κ2) is 6.64. The summed E-state index contributed by atoms with van der Waals surface area (Å²) in [6.45, 7) is 2.01. The van der Waals surface area contributed by atoms with E-state index in [9.17, 15) is 4.79 Å². The van der Waals surface area contributed by atoms with Gasteiger partial charge < -0.3 is 14.6 Å². The van der Waals surface area contributed by atoms with E-state index < -0.39 is 5.97 Å². The molecule has 1 aromatic carbocycles. The van der Waals surface area contributed by atoms with Crippen molar-refractivity contribution in [2.75, 3.05) is 14.2 Å². The number of hydrogen-bond donors (Lipinski definition) is 1. The standard InChI is InChI=1S/C13H17BrO4/c1-4-8-9(5-6-12(15)16)10(14)7-11(17-2)13(8)18-3/h7H,4-6H2,1-3H3,(H,15,16). The zero-order valence-electron chi connectivity index (χ0n) is 10.7. The molecule has 18 heavy (non-hydrogen) atoms. The average Bonchev–Trinajstić information content (AvgIpc) is 2.35. The van der Waals surface area contributed by atoms with Crippen LogP contribution in [0, 0.1) is 0 Å². The topological polar surface area (TPSA) is 55.8 Å². The summed E-state index contributed by atoms with van der Waals surface area (Å²) in [6, 6.07) is 1.81. The predicted octanol–water partition coefficient (Wildman–Crippen LogP) is 3.05. The van der Waals surface area contributed by atoms with E-state index >= 15 is 0 Å². The fourth-order valence-electron chi connectivity index (χ4n) is 1.95. The third-order valence-electron chi connectivity index (χ3n) is 2.77. The van der Waals surface area contributed by atoms with Gasteiger partial charge in [0.05, 0.1) is 14.2 Å². The van der Waals surface area contributed by atoms with Crippen LogP contribution >= 0.6 is 15.9 Å². The minimum absolute atomic E-state index is 0.0983. The Morgan fingerprint density at radius 1 is 1.33 bits per heavy atom. The molecule has 0 heterocycles.